The number of esters is 1. The molecule has 8 heteroatoms. The fourth-order valence-corrected chi connectivity index (χ4v) is 1.08. The van der Waals surface area contributed by atoms with E-state index < -0.39 is 23.7 Å². The van der Waals surface area contributed by atoms with Crippen molar-refractivity contribution in [1.82, 2.24) is 5.01 Å². The van der Waals surface area contributed by atoms with Crippen molar-refractivity contribution in [2.45, 2.75) is 20.0 Å². The summed E-state index contributed by atoms with van der Waals surface area (Å²) in [6.07, 6.45) is 0.180. The van der Waals surface area contributed by atoms with E-state index in [1.807, 2.05) is 0 Å². The number of carbonyl (C=O) groups excluding carboxylic acids is 1. The van der Waals surface area contributed by atoms with E-state index in [-0.39, 0.29) is 12.4 Å². The minimum Gasteiger partial charge on any atom is -0.458 e. The third-order valence-corrected chi connectivity index (χ3v) is 1.76. The number of aliphatic hydroxyl groups is 1. The average Bonchev–Trinajstić information content (AvgIpc) is 2.23. The first kappa shape index (κ1) is 15.0. The largest absolute Gasteiger partial charge is 0.458 e. The number of hydrogen-bond donors (Lipinski definition) is 1. The summed E-state index contributed by atoms with van der Waals surface area (Å²) in [4.78, 5) is 25.1. The van der Waals surface area contributed by atoms with Gasteiger partial charge in [-0.1, -0.05) is 11.6 Å². The van der Waals surface area contributed by atoms with E-state index >= 15 is 0 Å². The predicted molar refractivity (Wildman–Crippen MR) is 59.6 cm³/mol. The van der Waals surface area contributed by atoms with Crippen LogP contribution in [0, 0.1) is 10.1 Å². The summed E-state index contributed by atoms with van der Waals surface area (Å²) in [6, 6.07) is 0. The van der Waals surface area contributed by atoms with Crippen molar-refractivity contribution in [3.8, 4) is 0 Å². The molecule has 0 aliphatic heterocycles. The fourth-order valence-electron chi connectivity index (χ4n) is 1.08. The van der Waals surface area contributed by atoms with Gasteiger partial charge in [-0.15, -0.1) is 0 Å². The lowest BCUT2D eigenvalue weighted by molar-refractivity contribution is -0.630. The molecule has 0 aliphatic carbocycles. The normalized spacial score (nSPS) is 12.8. The molecule has 0 aromatic carbocycles. The molecule has 0 aromatic rings. The highest BCUT2D eigenvalue weighted by atomic mass is 16.7. The van der Waals surface area contributed by atoms with E-state index in [2.05, 4.69) is 11.6 Å². The number of hydrogen-bond acceptors (Lipinski definition) is 6. The first-order valence-electron chi connectivity index (χ1n) is 4.77. The monoisotopic (exact) mass is 245 g/mol. The van der Waals surface area contributed by atoms with Crippen LogP contribution in [0.1, 0.15) is 13.8 Å². The van der Waals surface area contributed by atoms with Gasteiger partial charge < -0.3 is 9.84 Å². The Balaban J connectivity index is 4.73. The number of hydrazine groups is 1. The standard InChI is InChI=1S/C9H15N3O5/c1-4-10-7(2)11(12(15)16)5-9(6-13)17-8(3)14/h4,9,13H,1,5-6H2,2-3H3. The lowest BCUT2D eigenvalue weighted by Crippen LogP contribution is -2.43. The topological polar surface area (TPSA) is 105 Å². The summed E-state index contributed by atoms with van der Waals surface area (Å²) in [5.74, 6) is -0.540. The number of ether oxygens (including phenoxy) is 1. The molecule has 96 valence electrons. The number of rotatable bonds is 6. The maximum atomic E-state index is 10.7. The number of aliphatic imine (C=N–C) groups is 1. The van der Waals surface area contributed by atoms with Gasteiger partial charge in [0.2, 0.25) is 0 Å². The molecule has 0 aliphatic rings. The lowest BCUT2D eigenvalue weighted by atomic mass is 10.3. The molecular formula is C9H15N3O5. The first-order chi connectivity index (χ1) is 7.92. The van der Waals surface area contributed by atoms with Crippen molar-refractivity contribution in [1.29, 1.82) is 0 Å². The van der Waals surface area contributed by atoms with Crippen LogP contribution in [0.25, 0.3) is 0 Å². The zero-order valence-electron chi connectivity index (χ0n) is 9.70. The molecule has 0 heterocycles. The van der Waals surface area contributed by atoms with Crippen LogP contribution < -0.4 is 0 Å². The van der Waals surface area contributed by atoms with Gasteiger partial charge in [0.05, 0.1) is 6.61 Å². The molecule has 0 fully saturated rings. The first-order valence-corrected chi connectivity index (χ1v) is 4.77. The smallest absolute Gasteiger partial charge is 0.303 e. The summed E-state index contributed by atoms with van der Waals surface area (Å²) in [6.45, 7) is 5.09. The van der Waals surface area contributed by atoms with Gasteiger partial charge >= 0.3 is 5.97 Å². The van der Waals surface area contributed by atoms with Crippen LogP contribution >= 0.6 is 0 Å². The van der Waals surface area contributed by atoms with Gasteiger partial charge in [-0.2, -0.15) is 0 Å². The molecule has 0 saturated heterocycles. The second-order valence-corrected chi connectivity index (χ2v) is 3.09. The molecule has 0 radical (unpaired) electrons. The van der Waals surface area contributed by atoms with E-state index in [9.17, 15) is 14.9 Å². The van der Waals surface area contributed by atoms with E-state index in [4.69, 9.17) is 9.84 Å². The lowest BCUT2D eigenvalue weighted by Gasteiger charge is -2.19. The molecule has 0 amide bonds. The Labute approximate surface area is 98.3 Å². The van der Waals surface area contributed by atoms with Gasteiger partial charge in [-0.3, -0.25) is 4.79 Å². The number of nitrogens with zero attached hydrogens (tertiary/aromatic N) is 3. The molecule has 0 bridgehead atoms. The predicted octanol–water partition coefficient (Wildman–Crippen LogP) is -0.0340. The van der Waals surface area contributed by atoms with E-state index in [1.54, 1.807) is 0 Å². The highest BCUT2D eigenvalue weighted by Gasteiger charge is 2.24. The van der Waals surface area contributed by atoms with Crippen LogP contribution in [0.15, 0.2) is 17.8 Å². The summed E-state index contributed by atoms with van der Waals surface area (Å²) in [7, 11) is 0. The Bertz CT molecular complexity index is 329. The Morgan fingerprint density at radius 2 is 2.29 bits per heavy atom. The van der Waals surface area contributed by atoms with Crippen molar-refractivity contribution in [2.24, 2.45) is 4.99 Å². The molecule has 17 heavy (non-hydrogen) atoms. The Morgan fingerprint density at radius 1 is 1.71 bits per heavy atom. The summed E-state index contributed by atoms with van der Waals surface area (Å²) >= 11 is 0. The van der Waals surface area contributed by atoms with Gasteiger partial charge in [-0.05, 0) is 6.92 Å². The van der Waals surface area contributed by atoms with Crippen molar-refractivity contribution in [3.63, 3.8) is 0 Å². The van der Waals surface area contributed by atoms with E-state index in [0.29, 0.717) is 5.01 Å². The van der Waals surface area contributed by atoms with Crippen LogP contribution in [-0.2, 0) is 9.53 Å². The summed E-state index contributed by atoms with van der Waals surface area (Å²) in [5.41, 5.74) is 0. The summed E-state index contributed by atoms with van der Waals surface area (Å²) in [5, 5.41) is 19.7. The average molecular weight is 245 g/mol. The van der Waals surface area contributed by atoms with Gasteiger partial charge in [0.1, 0.15) is 12.6 Å². The number of nitro groups is 1. The molecule has 1 atom stereocenters. The molecule has 8 nitrogen and oxygen atoms in total. The highest BCUT2D eigenvalue weighted by Crippen LogP contribution is 2.00. The van der Waals surface area contributed by atoms with Crippen LogP contribution in [0.5, 0.6) is 0 Å². The van der Waals surface area contributed by atoms with Crippen molar-refractivity contribution in [2.75, 3.05) is 13.2 Å². The number of aliphatic hydroxyl groups excluding tert-OH is 1. The Kier molecular flexibility index (Phi) is 6.49. The van der Waals surface area contributed by atoms with Crippen LogP contribution in [0.2, 0.25) is 0 Å². The third kappa shape index (κ3) is 5.61. The molecule has 0 aromatic heterocycles. The van der Waals surface area contributed by atoms with E-state index in [1.165, 1.54) is 6.92 Å². The van der Waals surface area contributed by atoms with Crippen LogP contribution in [-0.4, -0.2) is 46.2 Å². The second kappa shape index (κ2) is 7.34. The Morgan fingerprint density at radius 3 is 2.65 bits per heavy atom. The van der Waals surface area contributed by atoms with E-state index in [0.717, 1.165) is 13.1 Å². The van der Waals surface area contributed by atoms with Crippen molar-refractivity contribution < 1.29 is 19.7 Å². The fraction of sp³-hybridized carbons (Fsp3) is 0.556. The molecular weight excluding hydrogens is 230 g/mol. The molecule has 0 spiro atoms. The maximum Gasteiger partial charge on any atom is 0.303 e. The third-order valence-electron chi connectivity index (χ3n) is 1.76. The zero-order chi connectivity index (χ0) is 13.4. The second-order valence-electron chi connectivity index (χ2n) is 3.09. The minimum absolute atomic E-state index is 0.0793. The molecule has 0 rings (SSSR count). The van der Waals surface area contributed by atoms with Gasteiger partial charge in [0.25, 0.3) is 0 Å². The zero-order valence-corrected chi connectivity index (χ0v) is 9.70. The van der Waals surface area contributed by atoms with Crippen LogP contribution in [0.3, 0.4) is 0 Å². The quantitative estimate of drug-likeness (QED) is 0.231. The molecule has 0 saturated carbocycles. The molecule has 1 unspecified atom stereocenters. The Hall–Kier alpha value is -1.96. The van der Waals surface area contributed by atoms with Gasteiger partial charge in [-0.25, -0.2) is 15.1 Å². The van der Waals surface area contributed by atoms with Gasteiger partial charge in [0, 0.05) is 13.1 Å². The maximum absolute atomic E-state index is 10.7. The van der Waals surface area contributed by atoms with Gasteiger partial charge in [0.15, 0.2) is 10.9 Å². The SMILES string of the molecule is C=CN=C(C)N(CC(CO)OC(C)=O)[N+](=O)[O-]. The highest BCUT2D eigenvalue weighted by molar-refractivity contribution is 5.79. The van der Waals surface area contributed by atoms with Crippen LogP contribution in [0.4, 0.5) is 0 Å². The number of amidine groups is 1. The molecule has 1 N–H and O–H groups in total. The number of carbonyl (C=O) groups is 1. The van der Waals surface area contributed by atoms with Crippen molar-refractivity contribution >= 4 is 11.8 Å². The summed E-state index contributed by atoms with van der Waals surface area (Å²) < 4.78 is 4.69. The minimum atomic E-state index is -0.979. The van der Waals surface area contributed by atoms with Crippen molar-refractivity contribution in [3.05, 3.63) is 22.9 Å².